The number of amides is 1. The second-order valence-electron chi connectivity index (χ2n) is 21.5. The van der Waals surface area contributed by atoms with Gasteiger partial charge in [-0.05, 0) is 25.7 Å². The minimum absolute atomic E-state index is 0.0889. The highest BCUT2D eigenvalue weighted by molar-refractivity contribution is 5.77. The molecule has 0 aliphatic rings. The molecule has 0 aliphatic carbocycles. The number of esters is 1. The monoisotopic (exact) mass is 948 g/mol. The number of hydrogen-bond donors (Lipinski definition) is 3. The van der Waals surface area contributed by atoms with Crippen LogP contribution in [-0.4, -0.2) is 46.9 Å². The summed E-state index contributed by atoms with van der Waals surface area (Å²) in [5.41, 5.74) is 0. The van der Waals surface area contributed by atoms with Crippen LogP contribution in [0.2, 0.25) is 0 Å². The molecular formula is C61H121NO5. The van der Waals surface area contributed by atoms with Crippen molar-refractivity contribution in [3.8, 4) is 0 Å². The molecule has 0 fully saturated rings. The molecule has 0 aromatic heterocycles. The molecule has 0 rings (SSSR count). The van der Waals surface area contributed by atoms with E-state index in [1.807, 2.05) is 0 Å². The first-order valence-corrected chi connectivity index (χ1v) is 30.8. The lowest BCUT2D eigenvalue weighted by Gasteiger charge is -2.24. The molecule has 0 bridgehead atoms. The van der Waals surface area contributed by atoms with Crippen LogP contribution in [0.15, 0.2) is 0 Å². The Bertz CT molecular complexity index is 975. The van der Waals surface area contributed by atoms with Gasteiger partial charge in [-0.2, -0.15) is 0 Å². The van der Waals surface area contributed by atoms with E-state index < -0.39 is 18.2 Å². The predicted molar refractivity (Wildman–Crippen MR) is 292 cm³/mol. The fourth-order valence-corrected chi connectivity index (χ4v) is 10.0. The summed E-state index contributed by atoms with van der Waals surface area (Å²) in [4.78, 5) is 26.3. The van der Waals surface area contributed by atoms with Gasteiger partial charge in [-0.1, -0.05) is 316 Å². The van der Waals surface area contributed by atoms with Crippen LogP contribution in [0.5, 0.6) is 0 Å². The summed E-state index contributed by atoms with van der Waals surface area (Å²) >= 11 is 0. The molecule has 0 saturated carbocycles. The minimum atomic E-state index is -0.781. The fraction of sp³-hybridized carbons (Fsp3) is 0.967. The number of carbonyl (C=O) groups excluding carboxylic acids is 2. The summed E-state index contributed by atoms with van der Waals surface area (Å²) in [6.07, 6.45) is 63.2. The van der Waals surface area contributed by atoms with Gasteiger partial charge in [-0.15, -0.1) is 0 Å². The van der Waals surface area contributed by atoms with Crippen LogP contribution in [0.25, 0.3) is 0 Å². The van der Waals surface area contributed by atoms with Crippen molar-refractivity contribution >= 4 is 11.9 Å². The van der Waals surface area contributed by atoms with Gasteiger partial charge in [0.1, 0.15) is 6.10 Å². The Morgan fingerprint density at radius 1 is 0.373 bits per heavy atom. The van der Waals surface area contributed by atoms with Crippen LogP contribution in [-0.2, 0) is 14.3 Å². The van der Waals surface area contributed by atoms with Crippen LogP contribution < -0.4 is 5.32 Å². The minimum Gasteiger partial charge on any atom is -0.462 e. The molecule has 0 aromatic rings. The molecule has 0 saturated heterocycles. The zero-order valence-electron chi connectivity index (χ0n) is 45.8. The lowest BCUT2D eigenvalue weighted by atomic mass is 10.0. The standard InChI is InChI=1S/C61H121NO5/c1-4-7-10-13-16-19-22-25-28-30-31-33-36-39-42-45-48-51-54-61(66)67-57(52-49-46-43-40-37-34-27-24-21-18-15-12-9-6-3)55-60(65)62-58(56-63)59(64)53-50-47-44-41-38-35-32-29-26-23-20-17-14-11-8-5-2/h57-59,63-64H,4-56H2,1-3H3,(H,62,65). The van der Waals surface area contributed by atoms with E-state index in [0.717, 1.165) is 38.5 Å². The molecule has 0 radical (unpaired) electrons. The maximum absolute atomic E-state index is 13.3. The average molecular weight is 949 g/mol. The van der Waals surface area contributed by atoms with E-state index in [1.54, 1.807) is 0 Å². The highest BCUT2D eigenvalue weighted by atomic mass is 16.5. The number of aliphatic hydroxyl groups excluding tert-OH is 2. The van der Waals surface area contributed by atoms with Gasteiger partial charge in [0, 0.05) is 6.42 Å². The summed E-state index contributed by atoms with van der Waals surface area (Å²) in [5, 5.41) is 23.9. The van der Waals surface area contributed by atoms with Crippen LogP contribution in [0.3, 0.4) is 0 Å². The first kappa shape index (κ1) is 65.9. The first-order valence-electron chi connectivity index (χ1n) is 30.8. The molecule has 400 valence electrons. The quantitative estimate of drug-likeness (QED) is 0.0417. The van der Waals surface area contributed by atoms with Crippen molar-refractivity contribution in [1.82, 2.24) is 5.32 Å². The van der Waals surface area contributed by atoms with Gasteiger partial charge in [-0.25, -0.2) is 0 Å². The molecule has 3 unspecified atom stereocenters. The third-order valence-electron chi connectivity index (χ3n) is 14.7. The van der Waals surface area contributed by atoms with E-state index in [0.29, 0.717) is 19.3 Å². The lowest BCUT2D eigenvalue weighted by Crippen LogP contribution is -2.46. The second-order valence-corrected chi connectivity index (χ2v) is 21.5. The smallest absolute Gasteiger partial charge is 0.306 e. The van der Waals surface area contributed by atoms with Crippen molar-refractivity contribution in [3.63, 3.8) is 0 Å². The SMILES string of the molecule is CCCCCCCCCCCCCCCCCCCCC(=O)OC(CCCCCCCCCCCCCCCC)CC(=O)NC(CO)C(O)CCCCCCCCCCCCCCCCCC. The highest BCUT2D eigenvalue weighted by Gasteiger charge is 2.24. The summed E-state index contributed by atoms with van der Waals surface area (Å²) in [5.74, 6) is -0.441. The number of carbonyl (C=O) groups is 2. The van der Waals surface area contributed by atoms with Crippen molar-refractivity contribution < 1.29 is 24.5 Å². The van der Waals surface area contributed by atoms with Crippen LogP contribution in [0, 0.1) is 0 Å². The molecule has 3 atom stereocenters. The van der Waals surface area contributed by atoms with E-state index >= 15 is 0 Å². The lowest BCUT2D eigenvalue weighted by molar-refractivity contribution is -0.151. The van der Waals surface area contributed by atoms with Crippen molar-refractivity contribution in [3.05, 3.63) is 0 Å². The molecule has 0 aliphatic heterocycles. The van der Waals surface area contributed by atoms with Gasteiger partial charge in [0.15, 0.2) is 0 Å². The third kappa shape index (κ3) is 51.0. The Labute approximate surface area is 419 Å². The molecule has 6 nitrogen and oxygen atoms in total. The zero-order chi connectivity index (χ0) is 48.8. The van der Waals surface area contributed by atoms with Crippen LogP contribution in [0.4, 0.5) is 0 Å². The van der Waals surface area contributed by atoms with Crippen molar-refractivity contribution in [2.45, 2.75) is 373 Å². The molecule has 6 heteroatoms. The van der Waals surface area contributed by atoms with Gasteiger partial charge in [0.2, 0.25) is 5.91 Å². The highest BCUT2D eigenvalue weighted by Crippen LogP contribution is 2.20. The molecule has 0 spiro atoms. The molecule has 67 heavy (non-hydrogen) atoms. The summed E-state index contributed by atoms with van der Waals surface area (Å²) in [6.45, 7) is 6.55. The zero-order valence-corrected chi connectivity index (χ0v) is 45.8. The number of nitrogens with one attached hydrogen (secondary N) is 1. The van der Waals surface area contributed by atoms with E-state index in [2.05, 4.69) is 26.1 Å². The largest absolute Gasteiger partial charge is 0.462 e. The van der Waals surface area contributed by atoms with Crippen molar-refractivity contribution in [2.24, 2.45) is 0 Å². The van der Waals surface area contributed by atoms with Crippen LogP contribution >= 0.6 is 0 Å². The van der Waals surface area contributed by atoms with Crippen molar-refractivity contribution in [1.29, 1.82) is 0 Å². The van der Waals surface area contributed by atoms with Gasteiger partial charge in [0.25, 0.3) is 0 Å². The summed E-state index contributed by atoms with van der Waals surface area (Å²) in [6, 6.07) is -0.694. The molecule has 0 aromatic carbocycles. The summed E-state index contributed by atoms with van der Waals surface area (Å²) < 4.78 is 5.98. The van der Waals surface area contributed by atoms with E-state index in [1.165, 1.54) is 270 Å². The summed E-state index contributed by atoms with van der Waals surface area (Å²) in [7, 11) is 0. The predicted octanol–water partition coefficient (Wildman–Crippen LogP) is 19.1. The van der Waals surface area contributed by atoms with Gasteiger partial charge < -0.3 is 20.3 Å². The number of unbranched alkanes of at least 4 members (excludes halogenated alkanes) is 45. The average Bonchev–Trinajstić information content (AvgIpc) is 3.32. The molecule has 3 N–H and O–H groups in total. The fourth-order valence-electron chi connectivity index (χ4n) is 10.0. The van der Waals surface area contributed by atoms with Gasteiger partial charge in [0.05, 0.1) is 25.2 Å². The number of hydrogen-bond acceptors (Lipinski definition) is 5. The molecule has 0 heterocycles. The molecular weight excluding hydrogens is 827 g/mol. The van der Waals surface area contributed by atoms with Crippen LogP contribution in [0.1, 0.15) is 355 Å². The Balaban J connectivity index is 4.44. The van der Waals surface area contributed by atoms with E-state index in [9.17, 15) is 19.8 Å². The number of rotatable bonds is 57. The van der Waals surface area contributed by atoms with Gasteiger partial charge in [-0.3, -0.25) is 9.59 Å². The maximum Gasteiger partial charge on any atom is 0.306 e. The molecule has 1 amide bonds. The van der Waals surface area contributed by atoms with E-state index in [-0.39, 0.29) is 24.9 Å². The Morgan fingerprint density at radius 3 is 0.910 bits per heavy atom. The normalized spacial score (nSPS) is 13.0. The third-order valence-corrected chi connectivity index (χ3v) is 14.7. The number of aliphatic hydroxyl groups is 2. The van der Waals surface area contributed by atoms with Crippen molar-refractivity contribution in [2.75, 3.05) is 6.61 Å². The Kier molecular flexibility index (Phi) is 54.8. The Morgan fingerprint density at radius 2 is 0.627 bits per heavy atom. The maximum atomic E-state index is 13.3. The second kappa shape index (κ2) is 55.8. The Hall–Kier alpha value is -1.14. The van der Waals surface area contributed by atoms with Gasteiger partial charge >= 0.3 is 5.97 Å². The number of ether oxygens (including phenoxy) is 1. The topological polar surface area (TPSA) is 95.9 Å². The van der Waals surface area contributed by atoms with E-state index in [4.69, 9.17) is 4.74 Å². The first-order chi connectivity index (χ1) is 33.0.